The second-order valence-electron chi connectivity index (χ2n) is 6.86. The van der Waals surface area contributed by atoms with Gasteiger partial charge < -0.3 is 14.9 Å². The average Bonchev–Trinajstić information content (AvgIpc) is 3.40. The third-order valence-corrected chi connectivity index (χ3v) is 4.97. The van der Waals surface area contributed by atoms with E-state index in [2.05, 4.69) is 20.6 Å². The van der Waals surface area contributed by atoms with Crippen LogP contribution in [0.15, 0.2) is 35.0 Å². The van der Waals surface area contributed by atoms with E-state index in [-0.39, 0.29) is 24.5 Å². The van der Waals surface area contributed by atoms with Crippen molar-refractivity contribution in [3.8, 4) is 11.4 Å². The minimum atomic E-state index is -0.188. The normalized spacial score (nSPS) is 16.9. The number of aromatic nitrogens is 4. The van der Waals surface area contributed by atoms with Gasteiger partial charge in [0.2, 0.25) is 11.7 Å². The molecule has 0 spiro atoms. The zero-order valence-electron chi connectivity index (χ0n) is 15.2. The van der Waals surface area contributed by atoms with Gasteiger partial charge >= 0.3 is 0 Å². The van der Waals surface area contributed by atoms with E-state index in [1.165, 1.54) is 5.56 Å². The highest BCUT2D eigenvalue weighted by Crippen LogP contribution is 2.34. The summed E-state index contributed by atoms with van der Waals surface area (Å²) in [5.74, 6) is 0.620. The lowest BCUT2D eigenvalue weighted by molar-refractivity contribution is 0.0927. The summed E-state index contributed by atoms with van der Waals surface area (Å²) >= 11 is 0. The molecular weight excluding hydrogens is 346 g/mol. The van der Waals surface area contributed by atoms with Crippen LogP contribution in [0.25, 0.3) is 11.4 Å². The number of nitrogens with one attached hydrogen (secondary N) is 1. The van der Waals surface area contributed by atoms with Crippen LogP contribution in [-0.4, -0.2) is 37.5 Å². The molecular formula is C19H21N5O3. The highest BCUT2D eigenvalue weighted by atomic mass is 16.5. The van der Waals surface area contributed by atoms with Gasteiger partial charge in [-0.05, 0) is 36.1 Å². The van der Waals surface area contributed by atoms with Gasteiger partial charge in [-0.25, -0.2) is 0 Å². The molecule has 2 N–H and O–H groups in total. The highest BCUT2D eigenvalue weighted by Gasteiger charge is 2.26. The predicted octanol–water partition coefficient (Wildman–Crippen LogP) is 1.98. The number of aliphatic hydroxyl groups excluding tert-OH is 1. The Hall–Kier alpha value is -3.00. The monoisotopic (exact) mass is 367 g/mol. The molecule has 2 atom stereocenters. The van der Waals surface area contributed by atoms with Crippen LogP contribution in [0, 0.1) is 0 Å². The number of hydrogen-bond donors (Lipinski definition) is 2. The molecule has 1 aromatic carbocycles. The van der Waals surface area contributed by atoms with Crippen LogP contribution < -0.4 is 5.32 Å². The van der Waals surface area contributed by atoms with Crippen LogP contribution in [0.4, 0.5) is 0 Å². The first-order valence-corrected chi connectivity index (χ1v) is 8.93. The largest absolute Gasteiger partial charge is 0.396 e. The van der Waals surface area contributed by atoms with Gasteiger partial charge in [0.25, 0.3) is 5.91 Å². The molecule has 0 fully saturated rings. The number of carbonyl (C=O) groups is 1. The maximum absolute atomic E-state index is 12.5. The molecule has 0 unspecified atom stereocenters. The van der Waals surface area contributed by atoms with E-state index in [1.807, 2.05) is 25.1 Å². The highest BCUT2D eigenvalue weighted by molar-refractivity contribution is 5.92. The number of hydrogen-bond acceptors (Lipinski definition) is 6. The Kier molecular flexibility index (Phi) is 4.49. The third kappa shape index (κ3) is 3.23. The van der Waals surface area contributed by atoms with E-state index >= 15 is 0 Å². The predicted molar refractivity (Wildman–Crippen MR) is 97.0 cm³/mol. The van der Waals surface area contributed by atoms with Crippen molar-refractivity contribution in [2.45, 2.75) is 31.7 Å². The first-order valence-electron chi connectivity index (χ1n) is 8.93. The van der Waals surface area contributed by atoms with Gasteiger partial charge in [0.15, 0.2) is 0 Å². The minimum absolute atomic E-state index is 0.0216. The number of aliphatic hydroxyl groups is 1. The van der Waals surface area contributed by atoms with Crippen molar-refractivity contribution in [2.24, 2.45) is 7.05 Å². The molecule has 8 nitrogen and oxygen atoms in total. The van der Waals surface area contributed by atoms with Gasteiger partial charge in [-0.2, -0.15) is 10.1 Å². The zero-order valence-corrected chi connectivity index (χ0v) is 15.2. The summed E-state index contributed by atoms with van der Waals surface area (Å²) in [5, 5.41) is 20.4. The topological polar surface area (TPSA) is 106 Å². The molecule has 3 aromatic rings. The number of rotatable bonds is 5. The maximum atomic E-state index is 12.5. The lowest BCUT2D eigenvalue weighted by Gasteiger charge is -2.14. The van der Waals surface area contributed by atoms with Crippen molar-refractivity contribution in [2.75, 3.05) is 6.61 Å². The lowest BCUT2D eigenvalue weighted by Crippen LogP contribution is -2.28. The van der Waals surface area contributed by atoms with Crippen molar-refractivity contribution < 1.29 is 14.4 Å². The van der Waals surface area contributed by atoms with E-state index in [0.717, 1.165) is 24.0 Å². The Morgan fingerprint density at radius 3 is 3.04 bits per heavy atom. The van der Waals surface area contributed by atoms with Crippen LogP contribution in [0.2, 0.25) is 0 Å². The SMILES string of the molecule is C[C@H](CO)c1nc(-c2ccc3c(c2)CC[C@H]3NC(=O)c2ccnn2C)no1. The van der Waals surface area contributed by atoms with E-state index in [1.54, 1.807) is 24.0 Å². The fraction of sp³-hybridized carbons (Fsp3) is 0.368. The molecule has 0 saturated carbocycles. The van der Waals surface area contributed by atoms with Gasteiger partial charge in [-0.1, -0.05) is 24.2 Å². The molecule has 140 valence electrons. The third-order valence-electron chi connectivity index (χ3n) is 4.97. The zero-order chi connectivity index (χ0) is 19.0. The molecule has 4 rings (SSSR count). The molecule has 0 saturated heterocycles. The average molecular weight is 367 g/mol. The summed E-state index contributed by atoms with van der Waals surface area (Å²) in [6.45, 7) is 1.79. The molecule has 1 aliphatic rings. The fourth-order valence-corrected chi connectivity index (χ4v) is 3.37. The molecule has 0 aliphatic heterocycles. The number of carbonyl (C=O) groups excluding carboxylic acids is 1. The molecule has 0 bridgehead atoms. The Morgan fingerprint density at radius 1 is 1.44 bits per heavy atom. The van der Waals surface area contributed by atoms with Gasteiger partial charge in [0.1, 0.15) is 5.69 Å². The summed E-state index contributed by atoms with van der Waals surface area (Å²) in [4.78, 5) is 16.8. The van der Waals surface area contributed by atoms with Gasteiger partial charge in [-0.3, -0.25) is 9.48 Å². The van der Waals surface area contributed by atoms with Crippen molar-refractivity contribution in [3.63, 3.8) is 0 Å². The molecule has 27 heavy (non-hydrogen) atoms. The number of aryl methyl sites for hydroxylation is 2. The van der Waals surface area contributed by atoms with Crippen LogP contribution in [0.1, 0.15) is 52.8 Å². The molecule has 1 amide bonds. The van der Waals surface area contributed by atoms with Crippen LogP contribution in [-0.2, 0) is 13.5 Å². The van der Waals surface area contributed by atoms with Crippen molar-refractivity contribution in [3.05, 3.63) is 53.2 Å². The molecule has 2 aromatic heterocycles. The van der Waals surface area contributed by atoms with E-state index < -0.39 is 0 Å². The summed E-state index contributed by atoms with van der Waals surface area (Å²) in [6, 6.07) is 7.68. The molecule has 0 radical (unpaired) electrons. The summed E-state index contributed by atoms with van der Waals surface area (Å²) < 4.78 is 6.80. The number of benzene rings is 1. The summed E-state index contributed by atoms with van der Waals surface area (Å²) in [6.07, 6.45) is 3.33. The number of nitrogens with zero attached hydrogens (tertiary/aromatic N) is 4. The molecule has 8 heteroatoms. The molecule has 1 aliphatic carbocycles. The number of amides is 1. The Bertz CT molecular complexity index is 977. The molecule has 2 heterocycles. The van der Waals surface area contributed by atoms with E-state index in [9.17, 15) is 9.90 Å². The van der Waals surface area contributed by atoms with Crippen molar-refractivity contribution >= 4 is 5.91 Å². The first kappa shape index (κ1) is 17.4. The maximum Gasteiger partial charge on any atom is 0.270 e. The quantitative estimate of drug-likeness (QED) is 0.714. The minimum Gasteiger partial charge on any atom is -0.396 e. The Labute approximate surface area is 156 Å². The summed E-state index contributed by atoms with van der Waals surface area (Å²) in [5.41, 5.74) is 3.69. The number of fused-ring (bicyclic) bond motifs is 1. The van der Waals surface area contributed by atoms with E-state index in [4.69, 9.17) is 4.52 Å². The lowest BCUT2D eigenvalue weighted by atomic mass is 10.0. The van der Waals surface area contributed by atoms with Crippen LogP contribution in [0.5, 0.6) is 0 Å². The Balaban J connectivity index is 1.53. The summed E-state index contributed by atoms with van der Waals surface area (Å²) in [7, 11) is 1.75. The standard InChI is InChI=1S/C19H21N5O3/c1-11(10-25)19-22-17(23-27-19)13-3-5-14-12(9-13)4-6-15(14)21-18(26)16-7-8-20-24(16)2/h3,5,7-9,11,15,25H,4,6,10H2,1-2H3,(H,21,26)/t11-,15-/m1/s1. The van der Waals surface area contributed by atoms with Crippen LogP contribution in [0.3, 0.4) is 0 Å². The second kappa shape index (κ2) is 6.96. The van der Waals surface area contributed by atoms with Crippen LogP contribution >= 0.6 is 0 Å². The second-order valence-corrected chi connectivity index (χ2v) is 6.86. The van der Waals surface area contributed by atoms with Gasteiger partial charge in [0, 0.05) is 18.8 Å². The van der Waals surface area contributed by atoms with Gasteiger partial charge in [0.05, 0.1) is 18.6 Å². The van der Waals surface area contributed by atoms with E-state index in [0.29, 0.717) is 17.4 Å². The van der Waals surface area contributed by atoms with Gasteiger partial charge in [-0.15, -0.1) is 0 Å². The van der Waals surface area contributed by atoms with Crippen molar-refractivity contribution in [1.82, 2.24) is 25.2 Å². The smallest absolute Gasteiger partial charge is 0.270 e. The Morgan fingerprint density at radius 2 is 2.30 bits per heavy atom. The first-order chi connectivity index (χ1) is 13.1. The fourth-order valence-electron chi connectivity index (χ4n) is 3.37. The van der Waals surface area contributed by atoms with Crippen molar-refractivity contribution in [1.29, 1.82) is 0 Å².